The van der Waals surface area contributed by atoms with Crippen LogP contribution in [0.1, 0.15) is 29.0 Å². The molecule has 0 spiro atoms. The number of rotatable bonds is 7. The zero-order chi connectivity index (χ0) is 18.7. The molecule has 1 fully saturated rings. The summed E-state index contributed by atoms with van der Waals surface area (Å²) in [6.45, 7) is 1.98. The molecule has 1 aliphatic rings. The van der Waals surface area contributed by atoms with Crippen molar-refractivity contribution in [2.75, 3.05) is 18.4 Å². The number of carbonyl (C=O) groups excluding carboxylic acids is 2. The first-order valence-electron chi connectivity index (χ1n) is 8.19. The summed E-state index contributed by atoms with van der Waals surface area (Å²) in [5, 5.41) is 17.2. The van der Waals surface area contributed by atoms with Crippen molar-refractivity contribution in [1.29, 1.82) is 0 Å². The van der Waals surface area contributed by atoms with E-state index in [1.54, 1.807) is 13.0 Å². The lowest BCUT2D eigenvalue weighted by molar-refractivity contribution is -0.384. The van der Waals surface area contributed by atoms with Crippen LogP contribution in [0.5, 0.6) is 0 Å². The van der Waals surface area contributed by atoms with E-state index >= 15 is 0 Å². The predicted octanol–water partition coefficient (Wildman–Crippen LogP) is 2.38. The van der Waals surface area contributed by atoms with Gasteiger partial charge in [0.15, 0.2) is 5.82 Å². The number of nitrogens with one attached hydrogen (secondary N) is 1. The van der Waals surface area contributed by atoms with Crippen LogP contribution in [0.4, 0.5) is 11.5 Å². The minimum absolute atomic E-state index is 0.162. The highest BCUT2D eigenvalue weighted by molar-refractivity contribution is 5.99. The summed E-state index contributed by atoms with van der Waals surface area (Å²) in [4.78, 5) is 36.8. The predicted molar refractivity (Wildman–Crippen MR) is 91.6 cm³/mol. The van der Waals surface area contributed by atoms with Gasteiger partial charge in [0.25, 0.3) is 11.6 Å². The zero-order valence-corrected chi connectivity index (χ0v) is 14.2. The standard InChI is InChI=1S/C17H18N4O5/c1-11-7-15(19-26-11)18-16(22)10-20(9-12-5-6-12)17(23)13-3-2-4-14(8-13)21(24)25/h2-4,7-8,12H,5-6,9-10H2,1H3,(H,18,19,22). The smallest absolute Gasteiger partial charge is 0.270 e. The van der Waals surface area contributed by atoms with E-state index in [4.69, 9.17) is 4.52 Å². The van der Waals surface area contributed by atoms with Crippen LogP contribution >= 0.6 is 0 Å². The lowest BCUT2D eigenvalue weighted by Crippen LogP contribution is -2.39. The van der Waals surface area contributed by atoms with E-state index in [1.807, 2.05) is 0 Å². The lowest BCUT2D eigenvalue weighted by atomic mass is 10.1. The third kappa shape index (κ3) is 4.44. The van der Waals surface area contributed by atoms with Gasteiger partial charge in [-0.25, -0.2) is 0 Å². The molecule has 1 aromatic carbocycles. The molecular formula is C17H18N4O5. The van der Waals surface area contributed by atoms with Gasteiger partial charge in [0.2, 0.25) is 5.91 Å². The van der Waals surface area contributed by atoms with E-state index in [2.05, 4.69) is 10.5 Å². The van der Waals surface area contributed by atoms with Crippen molar-refractivity contribution in [3.05, 3.63) is 51.8 Å². The number of benzene rings is 1. The fourth-order valence-corrected chi connectivity index (χ4v) is 2.55. The molecule has 9 nitrogen and oxygen atoms in total. The van der Waals surface area contributed by atoms with Crippen molar-refractivity contribution < 1.29 is 19.0 Å². The number of carbonyl (C=O) groups is 2. The Hall–Kier alpha value is -3.23. The summed E-state index contributed by atoms with van der Waals surface area (Å²) in [6.07, 6.45) is 2.01. The molecule has 0 unspecified atom stereocenters. The van der Waals surface area contributed by atoms with E-state index in [0.717, 1.165) is 12.8 Å². The third-order valence-corrected chi connectivity index (χ3v) is 4.00. The van der Waals surface area contributed by atoms with Gasteiger partial charge in [0.1, 0.15) is 12.3 Å². The Kier molecular flexibility index (Phi) is 4.97. The Labute approximate surface area is 149 Å². The second-order valence-corrected chi connectivity index (χ2v) is 6.31. The summed E-state index contributed by atoms with van der Waals surface area (Å²) >= 11 is 0. The zero-order valence-electron chi connectivity index (χ0n) is 14.2. The van der Waals surface area contributed by atoms with Crippen LogP contribution in [0, 0.1) is 23.0 Å². The van der Waals surface area contributed by atoms with Crippen LogP contribution in [-0.2, 0) is 4.79 Å². The first-order chi connectivity index (χ1) is 12.4. The van der Waals surface area contributed by atoms with E-state index in [1.165, 1.54) is 29.2 Å². The quantitative estimate of drug-likeness (QED) is 0.599. The fraction of sp³-hybridized carbons (Fsp3) is 0.353. The minimum atomic E-state index is -0.554. The van der Waals surface area contributed by atoms with Gasteiger partial charge in [-0.15, -0.1) is 0 Å². The molecule has 9 heteroatoms. The Morgan fingerprint density at radius 1 is 1.38 bits per heavy atom. The largest absolute Gasteiger partial charge is 0.360 e. The fourth-order valence-electron chi connectivity index (χ4n) is 2.55. The van der Waals surface area contributed by atoms with Gasteiger partial charge in [-0.05, 0) is 31.7 Å². The normalized spacial score (nSPS) is 13.3. The highest BCUT2D eigenvalue weighted by Gasteiger charge is 2.29. The number of hydrogen-bond donors (Lipinski definition) is 1. The van der Waals surface area contributed by atoms with Crippen molar-refractivity contribution in [3.8, 4) is 0 Å². The van der Waals surface area contributed by atoms with Crippen LogP contribution in [0.2, 0.25) is 0 Å². The number of aromatic nitrogens is 1. The van der Waals surface area contributed by atoms with Crippen molar-refractivity contribution in [3.63, 3.8) is 0 Å². The van der Waals surface area contributed by atoms with E-state index in [0.29, 0.717) is 18.2 Å². The van der Waals surface area contributed by atoms with Gasteiger partial charge < -0.3 is 14.7 Å². The molecule has 3 rings (SSSR count). The maximum absolute atomic E-state index is 12.8. The van der Waals surface area contributed by atoms with Crippen molar-refractivity contribution >= 4 is 23.3 Å². The number of nitro groups is 1. The third-order valence-electron chi connectivity index (χ3n) is 4.00. The van der Waals surface area contributed by atoms with Crippen molar-refractivity contribution in [1.82, 2.24) is 10.1 Å². The monoisotopic (exact) mass is 358 g/mol. The molecule has 0 radical (unpaired) electrons. The van der Waals surface area contributed by atoms with Crippen molar-refractivity contribution in [2.45, 2.75) is 19.8 Å². The van der Waals surface area contributed by atoms with E-state index in [9.17, 15) is 19.7 Å². The molecule has 136 valence electrons. The summed E-state index contributed by atoms with van der Waals surface area (Å²) < 4.78 is 4.89. The average molecular weight is 358 g/mol. The molecule has 1 heterocycles. The van der Waals surface area contributed by atoms with Gasteiger partial charge in [0, 0.05) is 30.3 Å². The number of non-ortho nitro benzene ring substituents is 1. The highest BCUT2D eigenvalue weighted by atomic mass is 16.6. The summed E-state index contributed by atoms with van der Waals surface area (Å²) in [5.41, 5.74) is 0.0228. The number of anilines is 1. The number of aryl methyl sites for hydroxylation is 1. The second kappa shape index (κ2) is 7.34. The molecular weight excluding hydrogens is 340 g/mol. The first-order valence-corrected chi connectivity index (χ1v) is 8.19. The van der Waals surface area contributed by atoms with Crippen LogP contribution in [0.3, 0.4) is 0 Å². The minimum Gasteiger partial charge on any atom is -0.360 e. The summed E-state index contributed by atoms with van der Waals surface area (Å²) in [7, 11) is 0. The van der Waals surface area contributed by atoms with Gasteiger partial charge in [-0.2, -0.15) is 0 Å². The summed E-state index contributed by atoms with van der Waals surface area (Å²) in [5.74, 6) is 0.383. The average Bonchev–Trinajstić information content (AvgIpc) is 3.34. The maximum Gasteiger partial charge on any atom is 0.270 e. The molecule has 1 saturated carbocycles. The Morgan fingerprint density at radius 3 is 2.77 bits per heavy atom. The SMILES string of the molecule is Cc1cc(NC(=O)CN(CC2CC2)C(=O)c2cccc([N+](=O)[O-])c2)no1. The molecule has 1 N–H and O–H groups in total. The molecule has 1 aliphatic carbocycles. The van der Waals surface area contributed by atoms with Gasteiger partial charge in [0.05, 0.1) is 4.92 Å². The number of amides is 2. The number of nitrogens with zero attached hydrogens (tertiary/aromatic N) is 3. The molecule has 0 bridgehead atoms. The van der Waals surface area contributed by atoms with Gasteiger partial charge >= 0.3 is 0 Å². The van der Waals surface area contributed by atoms with Crippen LogP contribution < -0.4 is 5.32 Å². The molecule has 1 aromatic heterocycles. The Balaban J connectivity index is 1.72. The van der Waals surface area contributed by atoms with Crippen LogP contribution in [0.25, 0.3) is 0 Å². The molecule has 2 aromatic rings. The highest BCUT2D eigenvalue weighted by Crippen LogP contribution is 2.30. The number of hydrogen-bond acceptors (Lipinski definition) is 6. The lowest BCUT2D eigenvalue weighted by Gasteiger charge is -2.22. The number of nitro benzene ring substituents is 1. The van der Waals surface area contributed by atoms with Crippen LogP contribution in [0.15, 0.2) is 34.9 Å². The van der Waals surface area contributed by atoms with Crippen LogP contribution in [-0.4, -0.2) is 39.9 Å². The van der Waals surface area contributed by atoms with Crippen molar-refractivity contribution in [2.24, 2.45) is 5.92 Å². The summed E-state index contributed by atoms with van der Waals surface area (Å²) in [6, 6.07) is 7.08. The molecule has 0 atom stereocenters. The maximum atomic E-state index is 12.8. The molecule has 0 aliphatic heterocycles. The van der Waals surface area contributed by atoms with E-state index in [-0.39, 0.29) is 23.6 Å². The molecule has 26 heavy (non-hydrogen) atoms. The topological polar surface area (TPSA) is 119 Å². The second-order valence-electron chi connectivity index (χ2n) is 6.31. The Bertz CT molecular complexity index is 843. The Morgan fingerprint density at radius 2 is 2.15 bits per heavy atom. The first kappa shape index (κ1) is 17.6. The molecule has 2 amide bonds. The van der Waals surface area contributed by atoms with Gasteiger partial charge in [-0.3, -0.25) is 19.7 Å². The van der Waals surface area contributed by atoms with E-state index < -0.39 is 16.7 Å². The molecule has 0 saturated heterocycles. The van der Waals surface area contributed by atoms with Gasteiger partial charge in [-0.1, -0.05) is 11.2 Å².